The van der Waals surface area contributed by atoms with Crippen LogP contribution in [0.1, 0.15) is 17.5 Å². The molecule has 2 aliphatic rings. The van der Waals surface area contributed by atoms with Gasteiger partial charge in [-0.3, -0.25) is 0 Å². The molecule has 0 saturated heterocycles. The smallest absolute Gasteiger partial charge is 0.0619 e. The second-order valence-electron chi connectivity index (χ2n) is 16.0. The highest BCUT2D eigenvalue weighted by molar-refractivity contribution is 6.18. The van der Waals surface area contributed by atoms with Gasteiger partial charge in [-0.05, 0) is 123 Å². The lowest BCUT2D eigenvalue weighted by atomic mass is 9.91. The number of hydrogen-bond donors (Lipinski definition) is 0. The summed E-state index contributed by atoms with van der Waals surface area (Å²) in [5.41, 5.74) is 20.3. The molecule has 58 heavy (non-hydrogen) atoms. The molecule has 2 heteroatoms. The predicted octanol–water partition coefficient (Wildman–Crippen LogP) is 15.0. The van der Waals surface area contributed by atoms with Crippen molar-refractivity contribution < 1.29 is 0 Å². The summed E-state index contributed by atoms with van der Waals surface area (Å²) in [6.45, 7) is 0. The zero-order valence-corrected chi connectivity index (χ0v) is 31.8. The normalized spacial score (nSPS) is 13.0. The molecule has 0 N–H and O–H groups in total. The van der Waals surface area contributed by atoms with Gasteiger partial charge in [-0.15, -0.1) is 0 Å². The fraction of sp³-hybridized carbons (Fsp3) is 0.0357. The number of fused-ring (bicyclic) bond motifs is 13. The monoisotopic (exact) mass is 736 g/mol. The lowest BCUT2D eigenvalue weighted by Gasteiger charge is -2.18. The molecule has 0 unspecified atom stereocenters. The molecule has 2 nitrogen and oxygen atoms in total. The van der Waals surface area contributed by atoms with Crippen LogP contribution in [0.25, 0.3) is 116 Å². The van der Waals surface area contributed by atoms with Crippen molar-refractivity contribution >= 4 is 60.5 Å². The topological polar surface area (TPSA) is 9.86 Å². The number of nitrogens with zero attached hydrogens (tertiary/aromatic N) is 2. The first-order valence-electron chi connectivity index (χ1n) is 20.4. The van der Waals surface area contributed by atoms with Crippen LogP contribution in [0.15, 0.2) is 188 Å². The third kappa shape index (κ3) is 4.49. The summed E-state index contributed by atoms with van der Waals surface area (Å²) >= 11 is 0. The molecular formula is C56H36N2. The van der Waals surface area contributed by atoms with Crippen LogP contribution >= 0.6 is 0 Å². The van der Waals surface area contributed by atoms with Gasteiger partial charge in [0.2, 0.25) is 0 Å². The fourth-order valence-electron chi connectivity index (χ4n) is 10.2. The van der Waals surface area contributed by atoms with Gasteiger partial charge in [-0.1, -0.05) is 140 Å². The van der Waals surface area contributed by atoms with Crippen molar-refractivity contribution in [2.45, 2.75) is 12.8 Å². The van der Waals surface area contributed by atoms with Crippen molar-refractivity contribution in [1.29, 1.82) is 0 Å². The first kappa shape index (κ1) is 31.7. The Kier molecular flexibility index (Phi) is 6.59. The Morgan fingerprint density at radius 3 is 1.72 bits per heavy atom. The predicted molar refractivity (Wildman–Crippen MR) is 245 cm³/mol. The van der Waals surface area contributed by atoms with Gasteiger partial charge in [0.05, 0.1) is 27.8 Å². The average molecular weight is 737 g/mol. The van der Waals surface area contributed by atoms with Gasteiger partial charge in [0.15, 0.2) is 0 Å². The van der Waals surface area contributed by atoms with E-state index >= 15 is 0 Å². The van der Waals surface area contributed by atoms with Crippen LogP contribution in [-0.4, -0.2) is 9.13 Å². The molecule has 11 aromatic rings. The molecule has 1 aliphatic heterocycles. The van der Waals surface area contributed by atoms with E-state index in [-0.39, 0.29) is 0 Å². The molecule has 0 radical (unpaired) electrons. The van der Waals surface area contributed by atoms with Crippen LogP contribution in [-0.2, 0) is 6.42 Å². The number of allylic oxidation sites excluding steroid dienone is 1. The summed E-state index contributed by atoms with van der Waals surface area (Å²) in [7, 11) is 0. The van der Waals surface area contributed by atoms with Crippen molar-refractivity contribution in [3.8, 4) is 55.9 Å². The molecule has 2 aromatic heterocycles. The quantitative estimate of drug-likeness (QED) is 0.171. The van der Waals surface area contributed by atoms with E-state index in [0.29, 0.717) is 0 Å². The summed E-state index contributed by atoms with van der Waals surface area (Å²) in [6.07, 6.45) is 6.73. The first-order valence-corrected chi connectivity index (χ1v) is 20.4. The Bertz CT molecular complexity index is 3550. The molecular weight excluding hydrogens is 701 g/mol. The molecule has 270 valence electrons. The maximum Gasteiger partial charge on any atom is 0.0619 e. The minimum atomic E-state index is 1.07. The van der Waals surface area contributed by atoms with Crippen molar-refractivity contribution in [1.82, 2.24) is 9.13 Å². The first-order chi connectivity index (χ1) is 28.8. The number of para-hydroxylation sites is 3. The maximum atomic E-state index is 2.50. The molecule has 0 bridgehead atoms. The zero-order chi connectivity index (χ0) is 37.9. The summed E-state index contributed by atoms with van der Waals surface area (Å²) < 4.78 is 4.98. The lowest BCUT2D eigenvalue weighted by molar-refractivity contribution is 0.961. The van der Waals surface area contributed by atoms with Crippen molar-refractivity contribution in [3.63, 3.8) is 0 Å². The van der Waals surface area contributed by atoms with E-state index in [1.807, 2.05) is 0 Å². The molecule has 0 spiro atoms. The second-order valence-corrected chi connectivity index (χ2v) is 16.0. The van der Waals surface area contributed by atoms with Crippen LogP contribution in [0, 0.1) is 0 Å². The molecule has 3 heterocycles. The highest BCUT2D eigenvalue weighted by Gasteiger charge is 2.25. The Morgan fingerprint density at radius 2 is 0.931 bits per heavy atom. The van der Waals surface area contributed by atoms with Gasteiger partial charge in [0, 0.05) is 38.4 Å². The lowest BCUT2D eigenvalue weighted by Crippen LogP contribution is -2.03. The van der Waals surface area contributed by atoms with E-state index < -0.39 is 0 Å². The van der Waals surface area contributed by atoms with Gasteiger partial charge in [-0.2, -0.15) is 0 Å². The standard InChI is InChI=1S/C56H36N2/c1-2-13-39-32-48-45-18-10-19-46-50-34-41(28-30-55(50)58(56(45)46)53-21-8-5-16-43(53)47(48)31-38(39)12-1)36-25-23-35(24-26-36)40-27-29-54-49(33-40)44-17-6-7-20-52(44)57(54)51-22-9-14-37-11-3-4-15-42(37)51/h1-3,5-14,16-34H,4,15H2. The van der Waals surface area contributed by atoms with Gasteiger partial charge < -0.3 is 9.13 Å². The van der Waals surface area contributed by atoms with Crippen LogP contribution in [0.5, 0.6) is 0 Å². The Hall–Kier alpha value is -7.42. The zero-order valence-electron chi connectivity index (χ0n) is 31.8. The molecule has 0 atom stereocenters. The molecule has 0 saturated carbocycles. The third-order valence-electron chi connectivity index (χ3n) is 12.9. The minimum Gasteiger partial charge on any atom is -0.309 e. The molecule has 0 amide bonds. The highest BCUT2D eigenvalue weighted by Crippen LogP contribution is 2.48. The van der Waals surface area contributed by atoms with E-state index in [0.717, 1.165) is 12.8 Å². The van der Waals surface area contributed by atoms with Crippen LogP contribution in [0.3, 0.4) is 0 Å². The maximum absolute atomic E-state index is 2.50. The van der Waals surface area contributed by atoms with E-state index in [9.17, 15) is 0 Å². The molecule has 1 aliphatic carbocycles. The number of hydrogen-bond acceptors (Lipinski definition) is 0. The largest absolute Gasteiger partial charge is 0.309 e. The number of rotatable bonds is 3. The van der Waals surface area contributed by atoms with Crippen LogP contribution in [0.4, 0.5) is 0 Å². The van der Waals surface area contributed by atoms with Crippen LogP contribution < -0.4 is 0 Å². The Morgan fingerprint density at radius 1 is 0.362 bits per heavy atom. The molecule has 0 fully saturated rings. The molecule has 13 rings (SSSR count). The Labute approximate surface area is 336 Å². The Balaban J connectivity index is 0.926. The van der Waals surface area contributed by atoms with E-state index in [1.54, 1.807) is 0 Å². The third-order valence-corrected chi connectivity index (χ3v) is 12.9. The van der Waals surface area contributed by atoms with Gasteiger partial charge in [0.1, 0.15) is 0 Å². The molecule has 9 aromatic carbocycles. The van der Waals surface area contributed by atoms with Crippen molar-refractivity contribution in [2.24, 2.45) is 0 Å². The number of aromatic nitrogens is 2. The van der Waals surface area contributed by atoms with Gasteiger partial charge in [-0.25, -0.2) is 0 Å². The van der Waals surface area contributed by atoms with Gasteiger partial charge in [0.25, 0.3) is 0 Å². The van der Waals surface area contributed by atoms with E-state index in [4.69, 9.17) is 0 Å². The highest BCUT2D eigenvalue weighted by atomic mass is 15.0. The van der Waals surface area contributed by atoms with Crippen molar-refractivity contribution in [3.05, 3.63) is 199 Å². The summed E-state index contributed by atoms with van der Waals surface area (Å²) in [5, 5.41) is 7.66. The second kappa shape index (κ2) is 12.0. The van der Waals surface area contributed by atoms with Crippen molar-refractivity contribution in [2.75, 3.05) is 0 Å². The summed E-state index contributed by atoms with van der Waals surface area (Å²) in [5.74, 6) is 0. The summed E-state index contributed by atoms with van der Waals surface area (Å²) in [6, 6.07) is 68.0. The number of benzene rings is 9. The van der Waals surface area contributed by atoms with Crippen LogP contribution in [0.2, 0.25) is 0 Å². The van der Waals surface area contributed by atoms with E-state index in [1.165, 1.54) is 121 Å². The minimum absolute atomic E-state index is 1.07. The average Bonchev–Trinajstić information content (AvgIpc) is 3.76. The van der Waals surface area contributed by atoms with E-state index in [2.05, 4.69) is 203 Å². The summed E-state index contributed by atoms with van der Waals surface area (Å²) in [4.78, 5) is 0. The SMILES string of the molecule is C1=Cc2cccc(-n3c4ccccc4c4cc(-c5ccc(-c6ccc7c(c6)c6cccc8c6n7-c6ccccc6-c6cc7ccccc7cc6-8)cc5)ccc43)c2CC1. The fourth-order valence-corrected chi connectivity index (χ4v) is 10.2. The van der Waals surface area contributed by atoms with Gasteiger partial charge >= 0.3 is 0 Å².